The average molecular weight is 262 g/mol. The van der Waals surface area contributed by atoms with Gasteiger partial charge in [-0.05, 0) is 32.3 Å². The van der Waals surface area contributed by atoms with Gasteiger partial charge in [0, 0.05) is 25.3 Å². The number of nitrogens with zero attached hydrogens (tertiary/aromatic N) is 3. The van der Waals surface area contributed by atoms with Crippen LogP contribution in [0, 0.1) is 6.92 Å². The van der Waals surface area contributed by atoms with Crippen molar-refractivity contribution in [3.05, 3.63) is 17.5 Å². The molecular formula is C14H22N4O. The number of unbranched alkanes of at least 4 members (excludes halogenated alkanes) is 1. The van der Waals surface area contributed by atoms with Crippen LogP contribution in [0.1, 0.15) is 48.8 Å². The topological polar surface area (TPSA) is 58.1 Å². The maximum absolute atomic E-state index is 12.0. The summed E-state index contributed by atoms with van der Waals surface area (Å²) in [6.07, 6.45) is 4.42. The zero-order valence-electron chi connectivity index (χ0n) is 11.8. The van der Waals surface area contributed by atoms with E-state index in [0.29, 0.717) is 18.2 Å². The highest BCUT2D eigenvalue weighted by molar-refractivity contribution is 5.92. The van der Waals surface area contributed by atoms with Crippen molar-refractivity contribution in [2.75, 3.05) is 24.5 Å². The first-order chi connectivity index (χ1) is 9.20. The second-order valence-corrected chi connectivity index (χ2v) is 5.00. The Morgan fingerprint density at radius 3 is 2.79 bits per heavy atom. The first-order valence-electron chi connectivity index (χ1n) is 7.09. The fourth-order valence-corrected chi connectivity index (χ4v) is 2.20. The molecule has 1 amide bonds. The van der Waals surface area contributed by atoms with Crippen LogP contribution in [0.4, 0.5) is 5.95 Å². The molecule has 0 radical (unpaired) electrons. The maximum atomic E-state index is 12.0. The predicted octanol–water partition coefficient (Wildman–Crippen LogP) is 1.92. The predicted molar refractivity (Wildman–Crippen MR) is 75.5 cm³/mol. The maximum Gasteiger partial charge on any atom is 0.270 e. The molecule has 1 saturated heterocycles. The second kappa shape index (κ2) is 6.50. The van der Waals surface area contributed by atoms with Gasteiger partial charge in [0.25, 0.3) is 5.91 Å². The van der Waals surface area contributed by atoms with Gasteiger partial charge in [-0.1, -0.05) is 13.3 Å². The summed E-state index contributed by atoms with van der Waals surface area (Å²) in [7, 11) is 0. The molecule has 1 N–H and O–H groups in total. The van der Waals surface area contributed by atoms with E-state index in [1.54, 1.807) is 6.07 Å². The van der Waals surface area contributed by atoms with E-state index in [2.05, 4.69) is 27.1 Å². The van der Waals surface area contributed by atoms with E-state index in [1.807, 2.05) is 6.92 Å². The number of aryl methyl sites for hydroxylation is 1. The molecule has 0 unspecified atom stereocenters. The van der Waals surface area contributed by atoms with Crippen LogP contribution in [0.15, 0.2) is 6.07 Å². The first kappa shape index (κ1) is 13.8. The summed E-state index contributed by atoms with van der Waals surface area (Å²) >= 11 is 0. The van der Waals surface area contributed by atoms with Gasteiger partial charge < -0.3 is 10.2 Å². The van der Waals surface area contributed by atoms with Crippen LogP contribution in [0.5, 0.6) is 0 Å². The van der Waals surface area contributed by atoms with Gasteiger partial charge in [0.1, 0.15) is 5.69 Å². The molecule has 1 aromatic heterocycles. The van der Waals surface area contributed by atoms with E-state index in [1.165, 1.54) is 12.8 Å². The minimum absolute atomic E-state index is 0.0978. The van der Waals surface area contributed by atoms with Crippen molar-refractivity contribution in [3.8, 4) is 0 Å². The lowest BCUT2D eigenvalue weighted by Gasteiger charge is -2.16. The Balaban J connectivity index is 2.09. The van der Waals surface area contributed by atoms with Crippen molar-refractivity contribution < 1.29 is 4.79 Å². The van der Waals surface area contributed by atoms with Crippen LogP contribution in [0.25, 0.3) is 0 Å². The normalized spacial score (nSPS) is 14.7. The van der Waals surface area contributed by atoms with E-state index in [0.717, 1.165) is 31.6 Å². The third kappa shape index (κ3) is 3.66. The van der Waals surface area contributed by atoms with Gasteiger partial charge >= 0.3 is 0 Å². The fraction of sp³-hybridized carbons (Fsp3) is 0.643. The zero-order valence-corrected chi connectivity index (χ0v) is 11.8. The van der Waals surface area contributed by atoms with Gasteiger partial charge in [-0.25, -0.2) is 9.97 Å². The molecule has 104 valence electrons. The summed E-state index contributed by atoms with van der Waals surface area (Å²) in [4.78, 5) is 23.0. The monoisotopic (exact) mass is 262 g/mol. The van der Waals surface area contributed by atoms with Crippen molar-refractivity contribution in [2.45, 2.75) is 39.5 Å². The molecule has 2 heterocycles. The molecule has 2 rings (SSSR count). The molecule has 19 heavy (non-hydrogen) atoms. The number of rotatable bonds is 5. The van der Waals surface area contributed by atoms with Crippen molar-refractivity contribution >= 4 is 11.9 Å². The standard InChI is InChI=1S/C14H22N4O/c1-3-4-7-15-13(19)12-10-11(2)16-14(17-12)18-8-5-6-9-18/h10H,3-9H2,1-2H3,(H,15,19). The first-order valence-corrected chi connectivity index (χ1v) is 7.09. The lowest BCUT2D eigenvalue weighted by molar-refractivity contribution is 0.0948. The molecule has 5 nitrogen and oxygen atoms in total. The number of aromatic nitrogens is 2. The van der Waals surface area contributed by atoms with Crippen molar-refractivity contribution in [1.82, 2.24) is 15.3 Å². The molecule has 0 spiro atoms. The Hall–Kier alpha value is -1.65. The van der Waals surface area contributed by atoms with E-state index in [4.69, 9.17) is 0 Å². The summed E-state index contributed by atoms with van der Waals surface area (Å²) < 4.78 is 0. The number of amides is 1. The molecule has 1 aromatic rings. The van der Waals surface area contributed by atoms with Gasteiger partial charge in [-0.15, -0.1) is 0 Å². The SMILES string of the molecule is CCCCNC(=O)c1cc(C)nc(N2CCCC2)n1. The van der Waals surface area contributed by atoms with Crippen molar-refractivity contribution in [2.24, 2.45) is 0 Å². The van der Waals surface area contributed by atoms with Crippen LogP contribution < -0.4 is 10.2 Å². The average Bonchev–Trinajstić information content (AvgIpc) is 2.92. The van der Waals surface area contributed by atoms with Crippen LogP contribution in [0.2, 0.25) is 0 Å². The number of hydrogen-bond donors (Lipinski definition) is 1. The highest BCUT2D eigenvalue weighted by atomic mass is 16.1. The molecule has 1 aliphatic heterocycles. The van der Waals surface area contributed by atoms with E-state index >= 15 is 0 Å². The van der Waals surface area contributed by atoms with Crippen molar-refractivity contribution in [3.63, 3.8) is 0 Å². The van der Waals surface area contributed by atoms with Crippen LogP contribution in [0.3, 0.4) is 0 Å². The van der Waals surface area contributed by atoms with Crippen LogP contribution in [-0.2, 0) is 0 Å². The van der Waals surface area contributed by atoms with E-state index < -0.39 is 0 Å². The summed E-state index contributed by atoms with van der Waals surface area (Å²) in [5.41, 5.74) is 1.32. The number of hydrogen-bond acceptors (Lipinski definition) is 4. The minimum atomic E-state index is -0.0978. The number of carbonyl (C=O) groups excluding carboxylic acids is 1. The van der Waals surface area contributed by atoms with Gasteiger partial charge in [-0.3, -0.25) is 4.79 Å². The van der Waals surface area contributed by atoms with Gasteiger partial charge in [0.15, 0.2) is 0 Å². The lowest BCUT2D eigenvalue weighted by atomic mass is 10.3. The molecule has 0 aromatic carbocycles. The number of anilines is 1. The summed E-state index contributed by atoms with van der Waals surface area (Å²) in [6, 6.07) is 1.75. The largest absolute Gasteiger partial charge is 0.351 e. The Labute approximate surface area is 114 Å². The summed E-state index contributed by atoms with van der Waals surface area (Å²) in [5, 5.41) is 2.90. The third-order valence-corrected chi connectivity index (χ3v) is 3.28. The molecule has 1 fully saturated rings. The Bertz CT molecular complexity index is 441. The molecule has 0 saturated carbocycles. The molecule has 5 heteroatoms. The molecule has 0 bridgehead atoms. The minimum Gasteiger partial charge on any atom is -0.351 e. The highest BCUT2D eigenvalue weighted by Crippen LogP contribution is 2.16. The quantitative estimate of drug-likeness (QED) is 0.824. The lowest BCUT2D eigenvalue weighted by Crippen LogP contribution is -2.27. The van der Waals surface area contributed by atoms with Crippen molar-refractivity contribution in [1.29, 1.82) is 0 Å². The van der Waals surface area contributed by atoms with Gasteiger partial charge in [-0.2, -0.15) is 0 Å². The Morgan fingerprint density at radius 1 is 1.37 bits per heavy atom. The molecular weight excluding hydrogens is 240 g/mol. The van der Waals surface area contributed by atoms with Crippen LogP contribution >= 0.6 is 0 Å². The van der Waals surface area contributed by atoms with Gasteiger partial charge in [0.2, 0.25) is 5.95 Å². The third-order valence-electron chi connectivity index (χ3n) is 3.28. The molecule has 0 aliphatic carbocycles. The Kier molecular flexibility index (Phi) is 4.71. The summed E-state index contributed by atoms with van der Waals surface area (Å²) in [6.45, 7) is 6.69. The summed E-state index contributed by atoms with van der Waals surface area (Å²) in [5.74, 6) is 0.595. The zero-order chi connectivity index (χ0) is 13.7. The van der Waals surface area contributed by atoms with E-state index in [9.17, 15) is 4.79 Å². The number of nitrogens with one attached hydrogen (secondary N) is 1. The smallest absolute Gasteiger partial charge is 0.270 e. The highest BCUT2D eigenvalue weighted by Gasteiger charge is 2.17. The molecule has 1 aliphatic rings. The van der Waals surface area contributed by atoms with E-state index in [-0.39, 0.29) is 5.91 Å². The number of carbonyl (C=O) groups is 1. The fourth-order valence-electron chi connectivity index (χ4n) is 2.20. The van der Waals surface area contributed by atoms with Gasteiger partial charge in [0.05, 0.1) is 0 Å². The second-order valence-electron chi connectivity index (χ2n) is 5.00. The van der Waals surface area contributed by atoms with Crippen LogP contribution in [-0.4, -0.2) is 35.5 Å². The Morgan fingerprint density at radius 2 is 2.11 bits per heavy atom. The molecule has 0 atom stereocenters.